The SMILES string of the molecule is CCCCN1C(=O)C2C(c3ccc(Br)cc3)NC(C)(C(=O)O)C2C1=O. The number of nitrogens with zero attached hydrogens (tertiary/aromatic N) is 1. The summed E-state index contributed by atoms with van der Waals surface area (Å²) in [6.07, 6.45) is 1.58. The van der Waals surface area contributed by atoms with Gasteiger partial charge in [0, 0.05) is 17.1 Å². The van der Waals surface area contributed by atoms with E-state index in [1.165, 1.54) is 11.8 Å². The lowest BCUT2D eigenvalue weighted by molar-refractivity contribution is -0.150. The number of amides is 2. The lowest BCUT2D eigenvalue weighted by Gasteiger charge is -2.27. The molecule has 1 aromatic rings. The van der Waals surface area contributed by atoms with Crippen LogP contribution in [0.5, 0.6) is 0 Å². The number of imide groups is 1. The zero-order valence-corrected chi connectivity index (χ0v) is 15.7. The second-order valence-corrected chi connectivity index (χ2v) is 7.78. The van der Waals surface area contributed by atoms with Crippen molar-refractivity contribution < 1.29 is 19.5 Å². The number of carboxylic acids is 1. The van der Waals surface area contributed by atoms with Crippen LogP contribution in [0.15, 0.2) is 28.7 Å². The number of rotatable bonds is 5. The van der Waals surface area contributed by atoms with Gasteiger partial charge < -0.3 is 5.11 Å². The fourth-order valence-corrected chi connectivity index (χ4v) is 4.15. The van der Waals surface area contributed by atoms with E-state index in [2.05, 4.69) is 21.2 Å². The van der Waals surface area contributed by atoms with Gasteiger partial charge in [0.1, 0.15) is 5.54 Å². The zero-order valence-electron chi connectivity index (χ0n) is 14.2. The summed E-state index contributed by atoms with van der Waals surface area (Å²) in [5.74, 6) is -3.33. The molecule has 2 aliphatic heterocycles. The summed E-state index contributed by atoms with van der Waals surface area (Å²) in [6, 6.07) is 6.89. The topological polar surface area (TPSA) is 86.7 Å². The highest BCUT2D eigenvalue weighted by Crippen LogP contribution is 2.48. The third-order valence-corrected chi connectivity index (χ3v) is 5.82. The third kappa shape index (κ3) is 2.79. The molecule has 0 aliphatic carbocycles. The van der Waals surface area contributed by atoms with E-state index in [0.29, 0.717) is 6.54 Å². The van der Waals surface area contributed by atoms with Crippen LogP contribution in [0, 0.1) is 11.8 Å². The van der Waals surface area contributed by atoms with Crippen molar-refractivity contribution in [2.45, 2.75) is 38.3 Å². The Morgan fingerprint density at radius 3 is 2.48 bits per heavy atom. The number of carbonyl (C=O) groups is 3. The monoisotopic (exact) mass is 408 g/mol. The van der Waals surface area contributed by atoms with Crippen molar-refractivity contribution in [2.24, 2.45) is 11.8 Å². The molecular weight excluding hydrogens is 388 g/mol. The molecule has 0 radical (unpaired) electrons. The second-order valence-electron chi connectivity index (χ2n) is 6.87. The second kappa shape index (κ2) is 6.53. The van der Waals surface area contributed by atoms with Crippen LogP contribution in [-0.2, 0) is 14.4 Å². The van der Waals surface area contributed by atoms with Gasteiger partial charge in [-0.05, 0) is 31.0 Å². The van der Waals surface area contributed by atoms with Crippen molar-refractivity contribution in [2.75, 3.05) is 6.54 Å². The highest BCUT2D eigenvalue weighted by atomic mass is 79.9. The van der Waals surface area contributed by atoms with Crippen molar-refractivity contribution in [3.8, 4) is 0 Å². The van der Waals surface area contributed by atoms with Crippen molar-refractivity contribution in [3.63, 3.8) is 0 Å². The molecule has 2 fully saturated rings. The fourth-order valence-electron chi connectivity index (χ4n) is 3.89. The quantitative estimate of drug-likeness (QED) is 0.730. The smallest absolute Gasteiger partial charge is 0.324 e. The van der Waals surface area contributed by atoms with Gasteiger partial charge in [-0.15, -0.1) is 0 Å². The van der Waals surface area contributed by atoms with Crippen LogP contribution in [0.25, 0.3) is 0 Å². The van der Waals surface area contributed by atoms with Gasteiger partial charge >= 0.3 is 5.97 Å². The Kier molecular flexibility index (Phi) is 4.72. The Bertz CT molecular complexity index is 720. The van der Waals surface area contributed by atoms with Gasteiger partial charge in [0.2, 0.25) is 11.8 Å². The maximum absolute atomic E-state index is 12.9. The molecule has 7 heteroatoms. The number of nitrogens with one attached hydrogen (secondary N) is 1. The number of halogens is 1. The first kappa shape index (κ1) is 18.1. The predicted octanol–water partition coefficient (Wildman–Crippen LogP) is 2.34. The number of unbranched alkanes of at least 4 members (excludes halogenated alkanes) is 1. The normalized spacial score (nSPS) is 31.5. The summed E-state index contributed by atoms with van der Waals surface area (Å²) in [4.78, 5) is 39.0. The minimum absolute atomic E-state index is 0.270. The third-order valence-electron chi connectivity index (χ3n) is 5.29. The van der Waals surface area contributed by atoms with E-state index < -0.39 is 29.4 Å². The van der Waals surface area contributed by atoms with Gasteiger partial charge in [-0.25, -0.2) is 0 Å². The number of fused-ring (bicyclic) bond motifs is 1. The Labute approximate surface area is 154 Å². The number of carbonyl (C=O) groups excluding carboxylic acids is 2. The Hall–Kier alpha value is -1.73. The zero-order chi connectivity index (χ0) is 18.4. The minimum Gasteiger partial charge on any atom is -0.480 e. The van der Waals surface area contributed by atoms with E-state index in [1.807, 2.05) is 31.2 Å². The summed E-state index contributed by atoms with van der Waals surface area (Å²) in [5.41, 5.74) is -0.655. The molecule has 6 nitrogen and oxygen atoms in total. The Morgan fingerprint density at radius 1 is 1.28 bits per heavy atom. The minimum atomic E-state index is -1.46. The number of hydrogen-bond acceptors (Lipinski definition) is 4. The molecule has 0 aromatic heterocycles. The van der Waals surface area contributed by atoms with E-state index in [9.17, 15) is 19.5 Å². The predicted molar refractivity (Wildman–Crippen MR) is 94.7 cm³/mol. The molecule has 134 valence electrons. The van der Waals surface area contributed by atoms with Crippen LogP contribution in [0.4, 0.5) is 0 Å². The average Bonchev–Trinajstić information content (AvgIpc) is 3.02. The highest BCUT2D eigenvalue weighted by Gasteiger charge is 2.66. The number of benzene rings is 1. The molecule has 3 rings (SSSR count). The maximum atomic E-state index is 12.9. The molecule has 2 saturated heterocycles. The Balaban J connectivity index is 2.02. The van der Waals surface area contributed by atoms with Crippen molar-refractivity contribution >= 4 is 33.7 Å². The van der Waals surface area contributed by atoms with Gasteiger partial charge in [-0.2, -0.15) is 0 Å². The van der Waals surface area contributed by atoms with Crippen LogP contribution < -0.4 is 5.32 Å². The van der Waals surface area contributed by atoms with Gasteiger partial charge in [0.05, 0.1) is 11.8 Å². The molecule has 4 unspecified atom stereocenters. The molecule has 2 aliphatic rings. The van der Waals surface area contributed by atoms with E-state index in [0.717, 1.165) is 22.9 Å². The van der Waals surface area contributed by atoms with Gasteiger partial charge in [-0.3, -0.25) is 24.6 Å². The molecule has 0 bridgehead atoms. The molecule has 0 saturated carbocycles. The summed E-state index contributed by atoms with van der Waals surface area (Å²) in [5, 5.41) is 12.8. The number of aliphatic carboxylic acids is 1. The van der Waals surface area contributed by atoms with Crippen LogP contribution in [0.2, 0.25) is 0 Å². The molecule has 0 spiro atoms. The van der Waals surface area contributed by atoms with Crippen LogP contribution >= 0.6 is 15.9 Å². The summed E-state index contributed by atoms with van der Waals surface area (Å²) >= 11 is 3.37. The van der Waals surface area contributed by atoms with E-state index in [-0.39, 0.29) is 11.8 Å². The first-order valence-electron chi connectivity index (χ1n) is 8.43. The fraction of sp³-hybridized carbons (Fsp3) is 0.500. The van der Waals surface area contributed by atoms with Crippen LogP contribution in [0.1, 0.15) is 38.3 Å². The summed E-state index contributed by atoms with van der Waals surface area (Å²) in [7, 11) is 0. The van der Waals surface area contributed by atoms with Gasteiger partial charge in [0.15, 0.2) is 0 Å². The lowest BCUT2D eigenvalue weighted by Crippen LogP contribution is -2.53. The highest BCUT2D eigenvalue weighted by molar-refractivity contribution is 9.10. The average molecular weight is 409 g/mol. The summed E-state index contributed by atoms with van der Waals surface area (Å²) in [6.45, 7) is 3.84. The molecule has 1 aromatic carbocycles. The van der Waals surface area contributed by atoms with Crippen molar-refractivity contribution in [3.05, 3.63) is 34.3 Å². The first-order valence-corrected chi connectivity index (χ1v) is 9.22. The van der Waals surface area contributed by atoms with Crippen molar-refractivity contribution in [1.29, 1.82) is 0 Å². The van der Waals surface area contributed by atoms with Gasteiger partial charge in [-0.1, -0.05) is 41.4 Å². The molecule has 2 heterocycles. The number of likely N-dealkylation sites (tertiary alicyclic amines) is 1. The van der Waals surface area contributed by atoms with Crippen LogP contribution in [-0.4, -0.2) is 39.9 Å². The molecule has 25 heavy (non-hydrogen) atoms. The van der Waals surface area contributed by atoms with E-state index in [4.69, 9.17) is 0 Å². The first-order chi connectivity index (χ1) is 11.8. The van der Waals surface area contributed by atoms with E-state index in [1.54, 1.807) is 0 Å². The maximum Gasteiger partial charge on any atom is 0.324 e. The molecule has 2 amide bonds. The number of hydrogen-bond donors (Lipinski definition) is 2. The Morgan fingerprint density at radius 2 is 1.92 bits per heavy atom. The molecule has 2 N–H and O–H groups in total. The standard InChI is InChI=1S/C18H21BrN2O4/c1-3-4-9-21-15(22)12-13(16(21)23)18(2,17(24)25)20-14(12)10-5-7-11(19)8-6-10/h5-8,12-14,20H,3-4,9H2,1-2H3,(H,24,25). The molecule has 4 atom stereocenters. The molecular formula is C18H21BrN2O4. The van der Waals surface area contributed by atoms with Gasteiger partial charge in [0.25, 0.3) is 0 Å². The largest absolute Gasteiger partial charge is 0.480 e. The summed E-state index contributed by atoms with van der Waals surface area (Å²) < 4.78 is 0.894. The van der Waals surface area contributed by atoms with Crippen LogP contribution in [0.3, 0.4) is 0 Å². The number of carboxylic acid groups (broad SMARTS) is 1. The van der Waals surface area contributed by atoms with Crippen molar-refractivity contribution in [1.82, 2.24) is 10.2 Å². The lowest BCUT2D eigenvalue weighted by atomic mass is 9.80. The van der Waals surface area contributed by atoms with E-state index >= 15 is 0 Å².